The van der Waals surface area contributed by atoms with Crippen LogP contribution in [0.15, 0.2) is 42.5 Å². The number of halogens is 2. The first kappa shape index (κ1) is 23.9. The maximum Gasteiger partial charge on any atom is 0.282 e. The third-order valence-corrected chi connectivity index (χ3v) is 6.08. The van der Waals surface area contributed by atoms with Crippen LogP contribution in [-0.4, -0.2) is 55.5 Å². The molecule has 1 aromatic heterocycles. The Morgan fingerprint density at radius 2 is 1.91 bits per heavy atom. The zero-order chi connectivity index (χ0) is 24.1. The summed E-state index contributed by atoms with van der Waals surface area (Å²) < 4.78 is 32.6. The Hall–Kier alpha value is -3.23. The largest absolute Gasteiger partial charge is 0.476 e. The van der Waals surface area contributed by atoms with E-state index in [1.54, 1.807) is 13.1 Å². The first-order valence-corrected chi connectivity index (χ1v) is 11.6. The number of rotatable bonds is 11. The quantitative estimate of drug-likeness (QED) is 0.525. The van der Waals surface area contributed by atoms with Crippen molar-refractivity contribution < 1.29 is 23.1 Å². The van der Waals surface area contributed by atoms with E-state index in [0.717, 1.165) is 18.4 Å². The van der Waals surface area contributed by atoms with Gasteiger partial charge in [-0.2, -0.15) is 0 Å². The average molecular weight is 473 g/mol. The van der Waals surface area contributed by atoms with Gasteiger partial charge in [0.1, 0.15) is 11.4 Å². The first-order chi connectivity index (χ1) is 16.3. The summed E-state index contributed by atoms with van der Waals surface area (Å²) in [5.74, 6) is -2.69. The Morgan fingerprint density at radius 1 is 1.18 bits per heavy atom. The molecule has 0 bridgehead atoms. The van der Waals surface area contributed by atoms with Gasteiger partial charge in [0.15, 0.2) is 0 Å². The Kier molecular flexibility index (Phi) is 7.29. The van der Waals surface area contributed by atoms with Crippen molar-refractivity contribution in [1.29, 1.82) is 0 Å². The highest BCUT2D eigenvalue weighted by molar-refractivity contribution is 5.93. The summed E-state index contributed by atoms with van der Waals surface area (Å²) in [6.45, 7) is -0.340. The highest BCUT2D eigenvalue weighted by Gasteiger charge is 2.45. The van der Waals surface area contributed by atoms with Crippen molar-refractivity contribution in [2.24, 2.45) is 5.92 Å². The van der Waals surface area contributed by atoms with Crippen molar-refractivity contribution in [3.05, 3.63) is 53.7 Å². The maximum absolute atomic E-state index is 13.4. The van der Waals surface area contributed by atoms with Crippen LogP contribution < -0.4 is 20.3 Å². The van der Waals surface area contributed by atoms with E-state index in [4.69, 9.17) is 4.74 Å². The van der Waals surface area contributed by atoms with E-state index in [1.165, 1.54) is 11.0 Å². The van der Waals surface area contributed by atoms with Gasteiger partial charge in [0, 0.05) is 19.5 Å². The Labute approximate surface area is 197 Å². The van der Waals surface area contributed by atoms with Gasteiger partial charge in [0.25, 0.3) is 11.8 Å². The number of amides is 2. The van der Waals surface area contributed by atoms with Gasteiger partial charge in [-0.05, 0) is 49.3 Å². The fraction of sp³-hybridized carbons (Fsp3) is 0.480. The zero-order valence-corrected chi connectivity index (χ0v) is 19.2. The second-order valence-electron chi connectivity index (χ2n) is 9.06. The summed E-state index contributed by atoms with van der Waals surface area (Å²) >= 11 is 0. The van der Waals surface area contributed by atoms with Crippen LogP contribution in [0.1, 0.15) is 41.7 Å². The molecule has 2 amide bonds. The lowest BCUT2D eigenvalue weighted by atomic mass is 10.0. The van der Waals surface area contributed by atoms with Gasteiger partial charge >= 0.3 is 0 Å². The predicted octanol–water partition coefficient (Wildman–Crippen LogP) is 3.19. The number of nitrogens with one attached hydrogen (secondary N) is 2. The molecule has 1 saturated carbocycles. The number of anilines is 1. The molecule has 2 N–H and O–H groups in total. The molecule has 1 atom stereocenters. The minimum atomic E-state index is -2.73. The van der Waals surface area contributed by atoms with Crippen LogP contribution in [0, 0.1) is 5.92 Å². The van der Waals surface area contributed by atoms with Crippen molar-refractivity contribution in [2.75, 3.05) is 31.6 Å². The lowest BCUT2D eigenvalue weighted by Gasteiger charge is -2.40. The molecule has 1 aliphatic heterocycles. The summed E-state index contributed by atoms with van der Waals surface area (Å²) in [5, 5.41) is 5.51. The van der Waals surface area contributed by atoms with Gasteiger partial charge in [0.2, 0.25) is 11.8 Å². The van der Waals surface area contributed by atoms with Crippen LogP contribution in [0.5, 0.6) is 5.88 Å². The summed E-state index contributed by atoms with van der Waals surface area (Å²) in [4.78, 5) is 30.9. The number of carbonyl (C=O) groups is 2. The fourth-order valence-electron chi connectivity index (χ4n) is 3.87. The lowest BCUT2D eigenvalue weighted by Crippen LogP contribution is -2.56. The molecule has 1 aliphatic carbocycles. The summed E-state index contributed by atoms with van der Waals surface area (Å²) in [6, 6.07) is 12.6. The highest BCUT2D eigenvalue weighted by atomic mass is 19.3. The molecule has 1 unspecified atom stereocenters. The number of pyridine rings is 1. The van der Waals surface area contributed by atoms with Gasteiger partial charge in [-0.1, -0.05) is 30.3 Å². The first-order valence-electron chi connectivity index (χ1n) is 11.6. The number of carbonyl (C=O) groups excluding carboxylic acids is 2. The number of hydrogen-bond acceptors (Lipinski definition) is 5. The minimum Gasteiger partial charge on any atom is -0.476 e. The van der Waals surface area contributed by atoms with E-state index >= 15 is 0 Å². The smallest absolute Gasteiger partial charge is 0.282 e. The number of nitrogens with zero attached hydrogens (tertiary/aromatic N) is 2. The Bertz CT molecular complexity index is 1010. The zero-order valence-electron chi connectivity index (χ0n) is 19.2. The molecule has 2 aromatic rings. The normalized spacial score (nSPS) is 17.4. The molecule has 9 heteroatoms. The number of aryl methyl sites for hydroxylation is 1. The molecule has 1 aromatic carbocycles. The van der Waals surface area contributed by atoms with Crippen molar-refractivity contribution in [3.63, 3.8) is 0 Å². The molecule has 1 saturated heterocycles. The third-order valence-electron chi connectivity index (χ3n) is 6.08. The average Bonchev–Trinajstić information content (AvgIpc) is 3.64. The second-order valence-corrected chi connectivity index (χ2v) is 9.06. The Morgan fingerprint density at radius 3 is 2.56 bits per heavy atom. The molecule has 7 nitrogen and oxygen atoms in total. The molecular formula is C25H30F2N4O3. The van der Waals surface area contributed by atoms with Gasteiger partial charge in [-0.15, -0.1) is 0 Å². The third kappa shape index (κ3) is 6.42. The van der Waals surface area contributed by atoms with Crippen LogP contribution in [0.4, 0.5) is 14.5 Å². The molecule has 2 fully saturated rings. The number of aromatic nitrogens is 1. The van der Waals surface area contributed by atoms with Gasteiger partial charge < -0.3 is 20.3 Å². The fourth-order valence-corrected chi connectivity index (χ4v) is 3.87. The van der Waals surface area contributed by atoms with Crippen LogP contribution in [0.2, 0.25) is 0 Å². The van der Waals surface area contributed by atoms with Crippen LogP contribution in [0.25, 0.3) is 0 Å². The van der Waals surface area contributed by atoms with Crippen molar-refractivity contribution in [1.82, 2.24) is 15.6 Å². The monoisotopic (exact) mass is 472 g/mol. The van der Waals surface area contributed by atoms with Crippen LogP contribution in [-0.2, 0) is 11.2 Å². The lowest BCUT2D eigenvalue weighted by molar-refractivity contribution is -0.121. The molecule has 34 heavy (non-hydrogen) atoms. The topological polar surface area (TPSA) is 83.6 Å². The van der Waals surface area contributed by atoms with E-state index in [-0.39, 0.29) is 29.9 Å². The SMILES string of the molecule is CNC(=O)CC(CCc1ccccc1)NC(=O)c1ccc(N2CC(F)(F)C2)c(OCC2CC2)n1. The maximum atomic E-state index is 13.4. The van der Waals surface area contributed by atoms with Gasteiger partial charge in [0.05, 0.1) is 19.7 Å². The molecule has 0 radical (unpaired) electrons. The minimum absolute atomic E-state index is 0.128. The van der Waals surface area contributed by atoms with E-state index in [0.29, 0.717) is 31.1 Å². The predicted molar refractivity (Wildman–Crippen MR) is 124 cm³/mol. The van der Waals surface area contributed by atoms with Crippen molar-refractivity contribution >= 4 is 17.5 Å². The summed E-state index contributed by atoms with van der Waals surface area (Å²) in [7, 11) is 1.56. The van der Waals surface area contributed by atoms with E-state index in [1.807, 2.05) is 30.3 Å². The van der Waals surface area contributed by atoms with E-state index in [2.05, 4.69) is 15.6 Å². The molecule has 0 spiro atoms. The summed E-state index contributed by atoms with van der Waals surface area (Å²) in [6.07, 6.45) is 3.56. The standard InChI is InChI=1S/C25H30F2N4O3/c1-28-22(32)13-19(10-9-17-5-3-2-4-6-17)29-23(33)20-11-12-21(31-15-25(26,27)16-31)24(30-20)34-14-18-7-8-18/h2-6,11-12,18-19H,7-10,13-16H2,1H3,(H,28,32)(H,29,33). The molecule has 182 valence electrons. The molecule has 2 aliphatic rings. The molecule has 2 heterocycles. The highest BCUT2D eigenvalue weighted by Crippen LogP contribution is 2.38. The number of alkyl halides is 2. The van der Waals surface area contributed by atoms with Gasteiger partial charge in [-0.3, -0.25) is 9.59 Å². The summed E-state index contributed by atoms with van der Waals surface area (Å²) in [5.41, 5.74) is 1.71. The number of benzene rings is 1. The Balaban J connectivity index is 1.46. The van der Waals surface area contributed by atoms with Gasteiger partial charge in [-0.25, -0.2) is 13.8 Å². The number of hydrogen-bond donors (Lipinski definition) is 2. The van der Waals surface area contributed by atoms with E-state index in [9.17, 15) is 18.4 Å². The van der Waals surface area contributed by atoms with E-state index < -0.39 is 24.9 Å². The second kappa shape index (κ2) is 10.4. The van der Waals surface area contributed by atoms with Crippen molar-refractivity contribution in [2.45, 2.75) is 44.1 Å². The molecule has 4 rings (SSSR count). The number of ether oxygens (including phenoxy) is 1. The van der Waals surface area contributed by atoms with Crippen LogP contribution >= 0.6 is 0 Å². The van der Waals surface area contributed by atoms with Crippen LogP contribution in [0.3, 0.4) is 0 Å². The van der Waals surface area contributed by atoms with Crippen molar-refractivity contribution in [3.8, 4) is 5.88 Å². The molecular weight excluding hydrogens is 442 g/mol.